The fourth-order valence-corrected chi connectivity index (χ4v) is 2.62. The molecule has 1 amide bonds. The molecule has 0 spiro atoms. The molecule has 0 unspecified atom stereocenters. The fourth-order valence-electron chi connectivity index (χ4n) is 2.62. The molecule has 0 saturated heterocycles. The second-order valence-corrected chi connectivity index (χ2v) is 6.76. The lowest BCUT2D eigenvalue weighted by atomic mass is 9.87. The van der Waals surface area contributed by atoms with E-state index in [1.54, 1.807) is 19.4 Å². The van der Waals surface area contributed by atoms with Crippen LogP contribution in [0.15, 0.2) is 42.6 Å². The standard InChI is InChI=1S/C19H21N3O2/c1-19(2,3)13-8-9-16(24-4)15(10-13)21-18(23)14-7-5-6-12-11-20-22-17(12)14/h5-11H,1-4H3,(H,20,22)(H,21,23). The number of nitrogens with zero attached hydrogens (tertiary/aromatic N) is 1. The number of hydrogen-bond acceptors (Lipinski definition) is 3. The van der Waals surface area contributed by atoms with Crippen LogP contribution in [0.1, 0.15) is 36.7 Å². The molecule has 0 atom stereocenters. The number of H-pyrrole nitrogens is 1. The molecule has 1 aromatic heterocycles. The summed E-state index contributed by atoms with van der Waals surface area (Å²) >= 11 is 0. The van der Waals surface area contributed by atoms with Gasteiger partial charge in [-0.1, -0.05) is 39.0 Å². The number of nitrogens with one attached hydrogen (secondary N) is 2. The first-order valence-electron chi connectivity index (χ1n) is 7.82. The number of fused-ring (bicyclic) bond motifs is 1. The number of benzene rings is 2. The van der Waals surface area contributed by atoms with Crippen LogP contribution in [-0.2, 0) is 5.41 Å². The van der Waals surface area contributed by atoms with E-state index in [4.69, 9.17) is 4.74 Å². The highest BCUT2D eigenvalue weighted by Crippen LogP contribution is 2.32. The minimum Gasteiger partial charge on any atom is -0.495 e. The Balaban J connectivity index is 1.98. The molecule has 2 N–H and O–H groups in total. The number of amides is 1. The second kappa shape index (κ2) is 6.00. The Bertz CT molecular complexity index is 891. The zero-order valence-electron chi connectivity index (χ0n) is 14.3. The molecule has 0 radical (unpaired) electrons. The molecule has 0 bridgehead atoms. The number of carbonyl (C=O) groups excluding carboxylic acids is 1. The Labute approximate surface area is 141 Å². The van der Waals surface area contributed by atoms with Crippen molar-refractivity contribution in [2.45, 2.75) is 26.2 Å². The van der Waals surface area contributed by atoms with Gasteiger partial charge in [0.2, 0.25) is 0 Å². The highest BCUT2D eigenvalue weighted by Gasteiger charge is 2.18. The van der Waals surface area contributed by atoms with E-state index >= 15 is 0 Å². The molecular weight excluding hydrogens is 302 g/mol. The average Bonchev–Trinajstić information content (AvgIpc) is 3.02. The van der Waals surface area contributed by atoms with Crippen LogP contribution in [0.2, 0.25) is 0 Å². The van der Waals surface area contributed by atoms with Crippen LogP contribution in [0.5, 0.6) is 5.75 Å². The van der Waals surface area contributed by atoms with Crippen LogP contribution in [0.3, 0.4) is 0 Å². The summed E-state index contributed by atoms with van der Waals surface area (Å²) in [4.78, 5) is 12.7. The number of rotatable bonds is 3. The van der Waals surface area contributed by atoms with Crippen LogP contribution in [0, 0.1) is 0 Å². The van der Waals surface area contributed by atoms with Gasteiger partial charge in [0, 0.05) is 5.39 Å². The van der Waals surface area contributed by atoms with Gasteiger partial charge in [0.25, 0.3) is 5.91 Å². The second-order valence-electron chi connectivity index (χ2n) is 6.76. The lowest BCUT2D eigenvalue weighted by molar-refractivity contribution is 0.102. The van der Waals surface area contributed by atoms with Crippen LogP contribution in [0.4, 0.5) is 5.69 Å². The van der Waals surface area contributed by atoms with Crippen molar-refractivity contribution in [3.8, 4) is 5.75 Å². The van der Waals surface area contributed by atoms with E-state index in [1.165, 1.54) is 0 Å². The van der Waals surface area contributed by atoms with E-state index in [9.17, 15) is 4.79 Å². The molecule has 1 heterocycles. The maximum absolute atomic E-state index is 12.7. The summed E-state index contributed by atoms with van der Waals surface area (Å²) < 4.78 is 5.39. The van der Waals surface area contributed by atoms with Crippen molar-refractivity contribution in [2.24, 2.45) is 0 Å². The fraction of sp³-hybridized carbons (Fsp3) is 0.263. The van der Waals surface area contributed by atoms with Crippen LogP contribution >= 0.6 is 0 Å². The van der Waals surface area contributed by atoms with E-state index in [0.717, 1.165) is 16.5 Å². The number of methoxy groups -OCH3 is 1. The summed E-state index contributed by atoms with van der Waals surface area (Å²) in [6.07, 6.45) is 1.70. The van der Waals surface area contributed by atoms with Gasteiger partial charge in [-0.15, -0.1) is 0 Å². The molecule has 0 aliphatic carbocycles. The first-order chi connectivity index (χ1) is 11.4. The molecule has 124 valence electrons. The summed E-state index contributed by atoms with van der Waals surface area (Å²) in [5.41, 5.74) is 3.04. The SMILES string of the molecule is COc1ccc(C(C)(C)C)cc1NC(=O)c1cccc2cn[nH]c12. The molecule has 24 heavy (non-hydrogen) atoms. The largest absolute Gasteiger partial charge is 0.495 e. The van der Waals surface area contributed by atoms with Crippen molar-refractivity contribution in [1.82, 2.24) is 10.2 Å². The molecule has 0 fully saturated rings. The van der Waals surface area contributed by atoms with Gasteiger partial charge in [-0.05, 0) is 29.2 Å². The third-order valence-electron chi connectivity index (χ3n) is 4.04. The van der Waals surface area contributed by atoms with Gasteiger partial charge >= 0.3 is 0 Å². The Morgan fingerprint density at radius 1 is 1.21 bits per heavy atom. The molecule has 5 nitrogen and oxygen atoms in total. The van der Waals surface area contributed by atoms with E-state index in [1.807, 2.05) is 30.3 Å². The summed E-state index contributed by atoms with van der Waals surface area (Å²) in [5.74, 6) is 0.433. The van der Waals surface area contributed by atoms with Gasteiger partial charge in [0.15, 0.2) is 0 Å². The van der Waals surface area contributed by atoms with E-state index in [-0.39, 0.29) is 11.3 Å². The number of aromatic nitrogens is 2. The monoisotopic (exact) mass is 323 g/mol. The Hall–Kier alpha value is -2.82. The maximum Gasteiger partial charge on any atom is 0.257 e. The normalized spacial score (nSPS) is 11.5. The lowest BCUT2D eigenvalue weighted by Crippen LogP contribution is -2.16. The van der Waals surface area contributed by atoms with Crippen LogP contribution in [0.25, 0.3) is 10.9 Å². The third kappa shape index (κ3) is 2.97. The molecule has 5 heteroatoms. The highest BCUT2D eigenvalue weighted by molar-refractivity contribution is 6.12. The third-order valence-corrected chi connectivity index (χ3v) is 4.04. The van der Waals surface area contributed by atoms with Gasteiger partial charge in [-0.25, -0.2) is 0 Å². The Morgan fingerprint density at radius 2 is 2.00 bits per heavy atom. The van der Waals surface area contributed by atoms with Crippen molar-refractivity contribution >= 4 is 22.5 Å². The number of anilines is 1. The maximum atomic E-state index is 12.7. The first-order valence-corrected chi connectivity index (χ1v) is 7.82. The van der Waals surface area contributed by atoms with Crippen molar-refractivity contribution in [1.29, 1.82) is 0 Å². The first kappa shape index (κ1) is 16.1. The van der Waals surface area contributed by atoms with E-state index < -0.39 is 0 Å². The van der Waals surface area contributed by atoms with Crippen molar-refractivity contribution < 1.29 is 9.53 Å². The predicted molar refractivity (Wildman–Crippen MR) is 95.7 cm³/mol. The summed E-state index contributed by atoms with van der Waals surface area (Å²) in [6.45, 7) is 6.39. The van der Waals surface area contributed by atoms with Crippen LogP contribution in [-0.4, -0.2) is 23.2 Å². The van der Waals surface area contributed by atoms with Crippen molar-refractivity contribution in [3.63, 3.8) is 0 Å². The topological polar surface area (TPSA) is 67.0 Å². The summed E-state index contributed by atoms with van der Waals surface area (Å²) in [7, 11) is 1.59. The molecule has 0 aliphatic rings. The molecule has 2 aromatic carbocycles. The lowest BCUT2D eigenvalue weighted by Gasteiger charge is -2.21. The Morgan fingerprint density at radius 3 is 2.71 bits per heavy atom. The zero-order chi connectivity index (χ0) is 17.3. The zero-order valence-corrected chi connectivity index (χ0v) is 14.3. The Kier molecular flexibility index (Phi) is 4.01. The van der Waals surface area contributed by atoms with E-state index in [0.29, 0.717) is 17.0 Å². The molecule has 0 saturated carbocycles. The number of carbonyl (C=O) groups is 1. The highest BCUT2D eigenvalue weighted by atomic mass is 16.5. The minimum atomic E-state index is -0.200. The predicted octanol–water partition coefficient (Wildman–Crippen LogP) is 4.12. The molecule has 3 aromatic rings. The molecule has 3 rings (SSSR count). The van der Waals surface area contributed by atoms with Gasteiger partial charge < -0.3 is 10.1 Å². The quantitative estimate of drug-likeness (QED) is 0.762. The van der Waals surface area contributed by atoms with Gasteiger partial charge in [-0.3, -0.25) is 9.89 Å². The van der Waals surface area contributed by atoms with Gasteiger partial charge in [-0.2, -0.15) is 5.10 Å². The van der Waals surface area contributed by atoms with E-state index in [2.05, 4.69) is 36.3 Å². The summed E-state index contributed by atoms with van der Waals surface area (Å²) in [5, 5.41) is 10.7. The van der Waals surface area contributed by atoms with Gasteiger partial charge in [0.1, 0.15) is 5.75 Å². The molecule has 0 aliphatic heterocycles. The average molecular weight is 323 g/mol. The summed E-state index contributed by atoms with van der Waals surface area (Å²) in [6, 6.07) is 11.4. The molecular formula is C19H21N3O2. The minimum absolute atomic E-state index is 0.0187. The smallest absolute Gasteiger partial charge is 0.257 e. The number of aromatic amines is 1. The number of ether oxygens (including phenoxy) is 1. The van der Waals surface area contributed by atoms with Crippen molar-refractivity contribution in [3.05, 3.63) is 53.7 Å². The van der Waals surface area contributed by atoms with Crippen molar-refractivity contribution in [2.75, 3.05) is 12.4 Å². The van der Waals surface area contributed by atoms with Crippen LogP contribution < -0.4 is 10.1 Å². The number of hydrogen-bond donors (Lipinski definition) is 2. The number of para-hydroxylation sites is 1. The van der Waals surface area contributed by atoms with Gasteiger partial charge in [0.05, 0.1) is 30.1 Å².